The van der Waals surface area contributed by atoms with Gasteiger partial charge < -0.3 is 14.8 Å². The van der Waals surface area contributed by atoms with E-state index in [1.165, 1.54) is 32.1 Å². The van der Waals surface area contributed by atoms with Crippen LogP contribution in [0.4, 0.5) is 0 Å². The third kappa shape index (κ3) is 5.54. The minimum Gasteiger partial charge on any atom is -0.493 e. The highest BCUT2D eigenvalue weighted by Gasteiger charge is 2.16. The van der Waals surface area contributed by atoms with E-state index in [1.54, 1.807) is 19.2 Å². The van der Waals surface area contributed by atoms with Gasteiger partial charge in [-0.3, -0.25) is 0 Å². The maximum Gasteiger partial charge on any atom is 0.175 e. The number of halogens is 3. The number of ether oxygens (including phenoxy) is 2. The Labute approximate surface area is 179 Å². The summed E-state index contributed by atoms with van der Waals surface area (Å²) in [5.41, 5.74) is 1.92. The lowest BCUT2D eigenvalue weighted by Crippen LogP contribution is -2.30. The molecule has 0 radical (unpaired) electrons. The summed E-state index contributed by atoms with van der Waals surface area (Å²) in [6, 6.07) is 10.1. The molecule has 1 aliphatic rings. The zero-order chi connectivity index (χ0) is 19.2. The average Bonchev–Trinajstić information content (AvgIpc) is 2.67. The summed E-state index contributed by atoms with van der Waals surface area (Å²) in [5.74, 6) is 1.34. The van der Waals surface area contributed by atoms with E-state index in [-0.39, 0.29) is 6.61 Å². The van der Waals surface area contributed by atoms with Gasteiger partial charge in [-0.05, 0) is 58.6 Å². The molecule has 2 aromatic carbocycles. The molecule has 3 nitrogen and oxygen atoms in total. The Morgan fingerprint density at radius 3 is 2.48 bits per heavy atom. The third-order valence-corrected chi connectivity index (χ3v) is 6.21. The van der Waals surface area contributed by atoms with Crippen molar-refractivity contribution in [2.45, 2.75) is 51.3 Å². The van der Waals surface area contributed by atoms with Crippen LogP contribution < -0.4 is 14.8 Å². The number of rotatable bonds is 7. The van der Waals surface area contributed by atoms with Crippen molar-refractivity contribution in [2.75, 3.05) is 7.11 Å². The molecule has 27 heavy (non-hydrogen) atoms. The van der Waals surface area contributed by atoms with E-state index in [9.17, 15) is 0 Å². The zero-order valence-corrected chi connectivity index (χ0v) is 18.5. The van der Waals surface area contributed by atoms with Crippen molar-refractivity contribution in [3.8, 4) is 11.5 Å². The first-order valence-corrected chi connectivity index (χ1v) is 10.8. The van der Waals surface area contributed by atoms with Gasteiger partial charge in [-0.2, -0.15) is 0 Å². The van der Waals surface area contributed by atoms with Crippen molar-refractivity contribution in [1.29, 1.82) is 0 Å². The molecule has 0 aromatic heterocycles. The second-order valence-corrected chi connectivity index (χ2v) is 8.48. The topological polar surface area (TPSA) is 30.5 Å². The van der Waals surface area contributed by atoms with Crippen LogP contribution in [0.15, 0.2) is 34.8 Å². The van der Waals surface area contributed by atoms with Gasteiger partial charge in [0, 0.05) is 28.2 Å². The quantitative estimate of drug-likeness (QED) is 0.482. The number of nitrogens with one attached hydrogen (secondary N) is 1. The van der Waals surface area contributed by atoms with Gasteiger partial charge in [0.25, 0.3) is 0 Å². The van der Waals surface area contributed by atoms with E-state index in [1.807, 2.05) is 12.1 Å². The highest BCUT2D eigenvalue weighted by Crippen LogP contribution is 2.38. The van der Waals surface area contributed by atoms with Gasteiger partial charge in [-0.25, -0.2) is 0 Å². The Balaban J connectivity index is 1.70. The molecule has 1 saturated carbocycles. The SMILES string of the molecule is COc1cc(CNC2CCCCC2)cc(Br)c1OCc1c(Cl)cccc1Cl. The molecule has 0 bridgehead atoms. The monoisotopic (exact) mass is 471 g/mol. The highest BCUT2D eigenvalue weighted by molar-refractivity contribution is 9.10. The fraction of sp³-hybridized carbons (Fsp3) is 0.429. The summed E-state index contributed by atoms with van der Waals surface area (Å²) in [6.45, 7) is 1.09. The molecule has 0 atom stereocenters. The minimum atomic E-state index is 0.271. The van der Waals surface area contributed by atoms with Crippen LogP contribution in [0.25, 0.3) is 0 Å². The normalized spacial score (nSPS) is 15.0. The van der Waals surface area contributed by atoms with Crippen molar-refractivity contribution in [3.05, 3.63) is 56.0 Å². The Morgan fingerprint density at radius 2 is 1.81 bits per heavy atom. The van der Waals surface area contributed by atoms with Crippen LogP contribution in [0.3, 0.4) is 0 Å². The number of benzene rings is 2. The Bertz CT molecular complexity index is 759. The van der Waals surface area contributed by atoms with E-state index >= 15 is 0 Å². The van der Waals surface area contributed by atoms with Crippen LogP contribution in [-0.4, -0.2) is 13.2 Å². The number of methoxy groups -OCH3 is 1. The molecule has 0 aliphatic heterocycles. The van der Waals surface area contributed by atoms with Crippen molar-refractivity contribution in [3.63, 3.8) is 0 Å². The van der Waals surface area contributed by atoms with Gasteiger partial charge in [0.15, 0.2) is 11.5 Å². The van der Waals surface area contributed by atoms with Crippen LogP contribution in [0.2, 0.25) is 10.0 Å². The molecule has 0 saturated heterocycles. The van der Waals surface area contributed by atoms with E-state index in [0.717, 1.165) is 22.1 Å². The molecule has 0 spiro atoms. The van der Waals surface area contributed by atoms with Gasteiger partial charge in [-0.15, -0.1) is 0 Å². The number of hydrogen-bond donors (Lipinski definition) is 1. The van der Waals surface area contributed by atoms with E-state index in [0.29, 0.717) is 27.6 Å². The molecule has 1 fully saturated rings. The Kier molecular flexibility index (Phi) is 7.71. The number of hydrogen-bond acceptors (Lipinski definition) is 3. The van der Waals surface area contributed by atoms with Crippen LogP contribution in [0, 0.1) is 0 Å². The molecule has 0 unspecified atom stereocenters. The summed E-state index contributed by atoms with van der Waals surface area (Å²) >= 11 is 16.1. The van der Waals surface area contributed by atoms with Crippen molar-refractivity contribution < 1.29 is 9.47 Å². The molecule has 0 amide bonds. The second-order valence-electron chi connectivity index (χ2n) is 6.81. The van der Waals surface area contributed by atoms with Gasteiger partial charge in [-0.1, -0.05) is 48.5 Å². The predicted octanol–water partition coefficient (Wildman–Crippen LogP) is 6.77. The molecule has 6 heteroatoms. The lowest BCUT2D eigenvalue weighted by atomic mass is 9.95. The molecular weight excluding hydrogens is 449 g/mol. The summed E-state index contributed by atoms with van der Waals surface area (Å²) in [5, 5.41) is 4.83. The Hall–Kier alpha value is -0.940. The first-order chi connectivity index (χ1) is 13.1. The molecular formula is C21H24BrCl2NO2. The molecule has 3 rings (SSSR count). The van der Waals surface area contributed by atoms with Crippen LogP contribution in [0.5, 0.6) is 11.5 Å². The lowest BCUT2D eigenvalue weighted by Gasteiger charge is -2.23. The molecule has 0 heterocycles. The van der Waals surface area contributed by atoms with E-state index < -0.39 is 0 Å². The molecule has 1 N–H and O–H groups in total. The van der Waals surface area contributed by atoms with Gasteiger partial charge in [0.1, 0.15) is 6.61 Å². The van der Waals surface area contributed by atoms with Crippen LogP contribution in [-0.2, 0) is 13.2 Å². The fourth-order valence-corrected chi connectivity index (χ4v) is 4.51. The van der Waals surface area contributed by atoms with Crippen molar-refractivity contribution in [2.24, 2.45) is 0 Å². The van der Waals surface area contributed by atoms with Crippen molar-refractivity contribution >= 4 is 39.1 Å². The lowest BCUT2D eigenvalue weighted by molar-refractivity contribution is 0.282. The first-order valence-electron chi connectivity index (χ1n) is 9.24. The minimum absolute atomic E-state index is 0.271. The standard InChI is InChI=1S/C21H24BrCl2NO2/c1-26-20-11-14(12-25-15-6-3-2-4-7-15)10-17(22)21(20)27-13-16-18(23)8-5-9-19(16)24/h5,8-11,15,25H,2-4,6-7,12-13H2,1H3. The summed E-state index contributed by atoms with van der Waals surface area (Å²) in [7, 11) is 1.65. The largest absolute Gasteiger partial charge is 0.493 e. The van der Waals surface area contributed by atoms with Crippen molar-refractivity contribution in [1.82, 2.24) is 5.32 Å². The molecule has 2 aromatic rings. The predicted molar refractivity (Wildman–Crippen MR) is 115 cm³/mol. The maximum atomic E-state index is 6.23. The third-order valence-electron chi connectivity index (χ3n) is 4.91. The van der Waals surface area contributed by atoms with Crippen LogP contribution in [0.1, 0.15) is 43.2 Å². The first kappa shape index (κ1) is 20.8. The highest BCUT2D eigenvalue weighted by atomic mass is 79.9. The Morgan fingerprint density at radius 1 is 1.11 bits per heavy atom. The van der Waals surface area contributed by atoms with E-state index in [4.69, 9.17) is 32.7 Å². The summed E-state index contributed by atoms with van der Waals surface area (Å²) in [6.07, 6.45) is 6.53. The smallest absolute Gasteiger partial charge is 0.175 e. The summed E-state index contributed by atoms with van der Waals surface area (Å²) in [4.78, 5) is 0. The molecule has 146 valence electrons. The van der Waals surface area contributed by atoms with Gasteiger partial charge in [0.05, 0.1) is 11.6 Å². The van der Waals surface area contributed by atoms with Gasteiger partial charge in [0.2, 0.25) is 0 Å². The van der Waals surface area contributed by atoms with Gasteiger partial charge >= 0.3 is 0 Å². The molecule has 1 aliphatic carbocycles. The van der Waals surface area contributed by atoms with Crippen LogP contribution >= 0.6 is 39.1 Å². The summed E-state index contributed by atoms with van der Waals surface area (Å²) < 4.78 is 12.4. The van der Waals surface area contributed by atoms with E-state index in [2.05, 4.69) is 27.3 Å². The zero-order valence-electron chi connectivity index (χ0n) is 15.4. The second kappa shape index (κ2) is 10.0. The maximum absolute atomic E-state index is 6.23. The average molecular weight is 473 g/mol. The fourth-order valence-electron chi connectivity index (χ4n) is 3.40.